The van der Waals surface area contributed by atoms with E-state index >= 15 is 0 Å². The Bertz CT molecular complexity index is 449. The second-order valence-corrected chi connectivity index (χ2v) is 5.00. The summed E-state index contributed by atoms with van der Waals surface area (Å²) in [5, 5.41) is 0.521. The molecule has 0 saturated carbocycles. The van der Waals surface area contributed by atoms with Crippen molar-refractivity contribution in [2.45, 2.75) is 26.4 Å². The molecular formula is C14H15ClO2. The maximum absolute atomic E-state index is 11.5. The maximum Gasteiger partial charge on any atom is 0.339 e. The molecule has 0 unspecified atom stereocenters. The van der Waals surface area contributed by atoms with Gasteiger partial charge < -0.3 is 4.74 Å². The lowest BCUT2D eigenvalue weighted by atomic mass is 9.93. The van der Waals surface area contributed by atoms with Crippen molar-refractivity contribution >= 4 is 22.6 Å². The molecule has 0 bridgehead atoms. The average Bonchev–Trinajstić information content (AvgIpc) is 2.28. The van der Waals surface area contributed by atoms with Gasteiger partial charge in [-0.05, 0) is 17.9 Å². The molecular weight excluding hydrogens is 236 g/mol. The summed E-state index contributed by atoms with van der Waals surface area (Å²) in [6.45, 7) is 4.19. The highest BCUT2D eigenvalue weighted by molar-refractivity contribution is 6.51. The number of ether oxygens (including phenoxy) is 1. The summed E-state index contributed by atoms with van der Waals surface area (Å²) in [6.07, 6.45) is 0.680. The third-order valence-electron chi connectivity index (χ3n) is 2.74. The summed E-state index contributed by atoms with van der Waals surface area (Å²) in [7, 11) is 0. The topological polar surface area (TPSA) is 26.3 Å². The minimum Gasteiger partial charge on any atom is -0.454 e. The van der Waals surface area contributed by atoms with E-state index in [0.29, 0.717) is 16.5 Å². The van der Waals surface area contributed by atoms with Crippen molar-refractivity contribution < 1.29 is 9.53 Å². The van der Waals surface area contributed by atoms with Gasteiger partial charge in [-0.15, -0.1) is 0 Å². The van der Waals surface area contributed by atoms with Crippen LogP contribution >= 0.6 is 11.6 Å². The average molecular weight is 251 g/mol. The van der Waals surface area contributed by atoms with Crippen LogP contribution in [0.1, 0.15) is 25.8 Å². The van der Waals surface area contributed by atoms with E-state index in [0.717, 1.165) is 12.0 Å². The zero-order valence-electron chi connectivity index (χ0n) is 9.94. The van der Waals surface area contributed by atoms with E-state index in [9.17, 15) is 4.79 Å². The van der Waals surface area contributed by atoms with Gasteiger partial charge >= 0.3 is 5.97 Å². The van der Waals surface area contributed by atoms with Crippen LogP contribution in [0.15, 0.2) is 35.9 Å². The van der Waals surface area contributed by atoms with Gasteiger partial charge in [0, 0.05) is 0 Å². The number of rotatable bonds is 3. The monoisotopic (exact) mass is 250 g/mol. The van der Waals surface area contributed by atoms with Gasteiger partial charge in [-0.1, -0.05) is 55.8 Å². The maximum atomic E-state index is 11.5. The highest BCUT2D eigenvalue weighted by Gasteiger charge is 2.38. The first-order valence-corrected chi connectivity index (χ1v) is 6.13. The van der Waals surface area contributed by atoms with Gasteiger partial charge in [0.1, 0.15) is 6.10 Å². The van der Waals surface area contributed by atoms with E-state index in [4.69, 9.17) is 16.3 Å². The second-order valence-electron chi connectivity index (χ2n) is 4.62. The summed E-state index contributed by atoms with van der Waals surface area (Å²) in [6, 6.07) is 9.52. The predicted molar refractivity (Wildman–Crippen MR) is 68.6 cm³/mol. The highest BCUT2D eigenvalue weighted by Crippen LogP contribution is 2.35. The van der Waals surface area contributed by atoms with Crippen LogP contribution in [0.5, 0.6) is 0 Å². The summed E-state index contributed by atoms with van der Waals surface area (Å²) >= 11 is 6.26. The Morgan fingerprint density at radius 3 is 2.53 bits per heavy atom. The van der Waals surface area contributed by atoms with Gasteiger partial charge in [-0.25, -0.2) is 4.79 Å². The highest BCUT2D eigenvalue weighted by atomic mass is 35.5. The third kappa shape index (κ3) is 2.52. The van der Waals surface area contributed by atoms with E-state index in [1.807, 2.05) is 30.3 Å². The number of hydrogen-bond donors (Lipinski definition) is 0. The molecule has 1 aromatic rings. The molecule has 0 aromatic heterocycles. The number of carbonyl (C=O) groups excluding carboxylic acids is 1. The van der Waals surface area contributed by atoms with Gasteiger partial charge in [-0.3, -0.25) is 0 Å². The van der Waals surface area contributed by atoms with Crippen molar-refractivity contribution in [3.8, 4) is 0 Å². The summed E-state index contributed by atoms with van der Waals surface area (Å²) in [5.74, 6) is 0.188. The lowest BCUT2D eigenvalue weighted by Crippen LogP contribution is -2.38. The fraction of sp³-hybridized carbons (Fsp3) is 0.357. The molecule has 0 radical (unpaired) electrons. The van der Waals surface area contributed by atoms with Crippen molar-refractivity contribution in [2.75, 3.05) is 0 Å². The van der Waals surface area contributed by atoms with Crippen molar-refractivity contribution in [3.05, 3.63) is 41.5 Å². The smallest absolute Gasteiger partial charge is 0.339 e. The molecule has 1 saturated heterocycles. The van der Waals surface area contributed by atoms with Gasteiger partial charge in [0.15, 0.2) is 0 Å². The molecule has 0 aliphatic carbocycles. The standard InChI is InChI=1S/C14H15ClO2/c1-9(2)8-11-12(14(16)17-11)13(15)10-6-4-3-5-7-10/h3-7,9,11H,8H2,1-2H3/b13-12-/t11-/m0/s1. The molecule has 1 aromatic carbocycles. The van der Waals surface area contributed by atoms with Crippen LogP contribution < -0.4 is 0 Å². The number of cyclic esters (lactones) is 1. The Kier molecular flexibility index (Phi) is 3.53. The molecule has 2 rings (SSSR count). The molecule has 17 heavy (non-hydrogen) atoms. The zero-order chi connectivity index (χ0) is 12.4. The van der Waals surface area contributed by atoms with Crippen LogP contribution in [0.2, 0.25) is 0 Å². The van der Waals surface area contributed by atoms with Crippen molar-refractivity contribution in [1.29, 1.82) is 0 Å². The predicted octanol–water partition coefficient (Wildman–Crippen LogP) is 3.61. The van der Waals surface area contributed by atoms with Crippen LogP contribution in [0.3, 0.4) is 0 Å². The Morgan fingerprint density at radius 2 is 2.00 bits per heavy atom. The molecule has 0 spiro atoms. The molecule has 3 heteroatoms. The summed E-state index contributed by atoms with van der Waals surface area (Å²) in [4.78, 5) is 11.5. The summed E-state index contributed by atoms with van der Waals surface area (Å²) < 4.78 is 5.12. The number of carbonyl (C=O) groups is 1. The Morgan fingerprint density at radius 1 is 1.35 bits per heavy atom. The van der Waals surface area contributed by atoms with Gasteiger partial charge in [0.05, 0.1) is 10.6 Å². The van der Waals surface area contributed by atoms with Crippen LogP contribution in [0.25, 0.3) is 5.03 Å². The fourth-order valence-electron chi connectivity index (χ4n) is 1.89. The fourth-order valence-corrected chi connectivity index (χ4v) is 2.21. The first kappa shape index (κ1) is 12.2. The molecule has 0 amide bonds. The number of esters is 1. The van der Waals surface area contributed by atoms with Crippen LogP contribution in [-0.2, 0) is 9.53 Å². The minimum absolute atomic E-state index is 0.143. The van der Waals surface area contributed by atoms with E-state index in [1.165, 1.54) is 0 Å². The number of halogens is 1. The van der Waals surface area contributed by atoms with E-state index in [1.54, 1.807) is 0 Å². The normalized spacial score (nSPS) is 22.1. The van der Waals surface area contributed by atoms with Crippen molar-refractivity contribution in [3.63, 3.8) is 0 Å². The van der Waals surface area contributed by atoms with Gasteiger partial charge in [0.2, 0.25) is 0 Å². The molecule has 1 aliphatic rings. The molecule has 1 heterocycles. The largest absolute Gasteiger partial charge is 0.454 e. The van der Waals surface area contributed by atoms with E-state index < -0.39 is 0 Å². The van der Waals surface area contributed by atoms with Crippen molar-refractivity contribution in [2.24, 2.45) is 5.92 Å². The lowest BCUT2D eigenvalue weighted by Gasteiger charge is -2.31. The molecule has 0 N–H and O–H groups in total. The Balaban J connectivity index is 2.27. The Hall–Kier alpha value is -1.28. The van der Waals surface area contributed by atoms with Crippen LogP contribution in [-0.4, -0.2) is 12.1 Å². The quantitative estimate of drug-likeness (QED) is 0.605. The molecule has 1 aliphatic heterocycles. The summed E-state index contributed by atoms with van der Waals surface area (Å²) in [5.41, 5.74) is 1.49. The second kappa shape index (κ2) is 4.92. The first-order chi connectivity index (χ1) is 8.09. The van der Waals surface area contributed by atoms with E-state index in [2.05, 4.69) is 13.8 Å². The first-order valence-electron chi connectivity index (χ1n) is 5.75. The zero-order valence-corrected chi connectivity index (χ0v) is 10.7. The van der Waals surface area contributed by atoms with Crippen LogP contribution in [0, 0.1) is 5.92 Å². The molecule has 1 atom stereocenters. The van der Waals surface area contributed by atoms with Crippen LogP contribution in [0.4, 0.5) is 0 Å². The lowest BCUT2D eigenvalue weighted by molar-refractivity contribution is -0.156. The molecule has 90 valence electrons. The Labute approximate surface area is 106 Å². The minimum atomic E-state index is -0.287. The molecule has 1 fully saturated rings. The third-order valence-corrected chi connectivity index (χ3v) is 3.16. The SMILES string of the molecule is CC(C)C[C@@H]1OC(=O)/C1=C(\Cl)c1ccccc1. The van der Waals surface area contributed by atoms with E-state index in [-0.39, 0.29) is 12.1 Å². The molecule has 2 nitrogen and oxygen atoms in total. The number of hydrogen-bond acceptors (Lipinski definition) is 2. The van der Waals surface area contributed by atoms with Crippen molar-refractivity contribution in [1.82, 2.24) is 0 Å². The van der Waals surface area contributed by atoms with Gasteiger partial charge in [0.25, 0.3) is 0 Å². The van der Waals surface area contributed by atoms with Gasteiger partial charge in [-0.2, -0.15) is 0 Å². The number of benzene rings is 1.